The van der Waals surface area contributed by atoms with Gasteiger partial charge in [-0.1, -0.05) is 23.2 Å². The van der Waals surface area contributed by atoms with Crippen molar-refractivity contribution in [1.29, 1.82) is 5.26 Å². The van der Waals surface area contributed by atoms with E-state index in [0.717, 1.165) is 5.39 Å². The van der Waals surface area contributed by atoms with Crippen molar-refractivity contribution in [2.24, 2.45) is 5.92 Å². The van der Waals surface area contributed by atoms with E-state index in [1.807, 2.05) is 0 Å². The van der Waals surface area contributed by atoms with Crippen LogP contribution in [0, 0.1) is 17.2 Å². The van der Waals surface area contributed by atoms with Crippen LogP contribution in [0.2, 0.25) is 10.0 Å². The number of hydrogen-bond acceptors (Lipinski definition) is 7. The summed E-state index contributed by atoms with van der Waals surface area (Å²) < 4.78 is 1.52. The number of fused-ring (bicyclic) bond motifs is 2. The topological polar surface area (TPSA) is 153 Å². The van der Waals surface area contributed by atoms with Gasteiger partial charge in [0.1, 0.15) is 5.52 Å². The molecule has 0 bridgehead atoms. The number of nitriles is 1. The van der Waals surface area contributed by atoms with Crippen LogP contribution in [0.15, 0.2) is 30.7 Å². The number of amides is 2. The molecule has 4 aromatic rings. The summed E-state index contributed by atoms with van der Waals surface area (Å²) >= 11 is 12.2. The van der Waals surface area contributed by atoms with Crippen LogP contribution in [0.25, 0.3) is 27.9 Å². The van der Waals surface area contributed by atoms with E-state index in [0.29, 0.717) is 53.0 Å². The highest BCUT2D eigenvalue weighted by Crippen LogP contribution is 2.29. The summed E-state index contributed by atoms with van der Waals surface area (Å²) in [7, 11) is 0. The van der Waals surface area contributed by atoms with Crippen molar-refractivity contribution in [2.75, 3.05) is 13.1 Å². The van der Waals surface area contributed by atoms with E-state index in [2.05, 4.69) is 31.4 Å². The first-order valence-electron chi connectivity index (χ1n) is 10.7. The van der Waals surface area contributed by atoms with Crippen LogP contribution in [-0.2, 0) is 4.79 Å². The van der Waals surface area contributed by atoms with Crippen LogP contribution in [0.4, 0.5) is 0 Å². The number of aromatic amines is 1. The van der Waals surface area contributed by atoms with Gasteiger partial charge in [0, 0.05) is 30.6 Å². The lowest BCUT2D eigenvalue weighted by atomic mass is 9.98. The zero-order valence-electron chi connectivity index (χ0n) is 18.1. The van der Waals surface area contributed by atoms with Crippen LogP contribution in [0.3, 0.4) is 0 Å². The van der Waals surface area contributed by atoms with Gasteiger partial charge in [0.15, 0.2) is 11.5 Å². The molecule has 3 N–H and O–H groups in total. The summed E-state index contributed by atoms with van der Waals surface area (Å²) in [5.41, 5.74) is 1.33. The number of H-pyrrole nitrogens is 1. The second kappa shape index (κ2) is 9.14. The Morgan fingerprint density at radius 2 is 1.97 bits per heavy atom. The highest BCUT2D eigenvalue weighted by Gasteiger charge is 2.29. The van der Waals surface area contributed by atoms with Crippen LogP contribution in [0.1, 0.15) is 23.2 Å². The van der Waals surface area contributed by atoms with E-state index in [1.54, 1.807) is 18.3 Å². The number of rotatable bonds is 4. The zero-order valence-corrected chi connectivity index (χ0v) is 19.6. The maximum absolute atomic E-state index is 12.9. The van der Waals surface area contributed by atoms with Crippen molar-refractivity contribution in [3.63, 3.8) is 0 Å². The van der Waals surface area contributed by atoms with Gasteiger partial charge in [-0.3, -0.25) is 9.59 Å². The van der Waals surface area contributed by atoms with Crippen molar-refractivity contribution < 1.29 is 14.7 Å². The summed E-state index contributed by atoms with van der Waals surface area (Å²) in [6, 6.07) is 5.53. The lowest BCUT2D eigenvalue weighted by Gasteiger charge is -2.30. The summed E-state index contributed by atoms with van der Waals surface area (Å²) in [6.07, 6.45) is 3.82. The van der Waals surface area contributed by atoms with Crippen molar-refractivity contribution in [3.8, 4) is 11.9 Å². The molecule has 0 spiro atoms. The normalized spacial score (nSPS) is 15.3. The van der Waals surface area contributed by atoms with Gasteiger partial charge in [0.2, 0.25) is 6.23 Å². The largest absolute Gasteiger partial charge is 0.365 e. The Labute approximate surface area is 208 Å². The standard InChI is InChI=1S/C22H18Cl2N8O3/c23-14-5-12-8-28-32(16(12)6-15(14)24)17-10-27-19-18(29-17)13(9-26-19)20(33)30-21(34)22(35)31-3-1-11(7-25)2-4-31/h5-6,8-11,21,34H,1-4H2,(H,26,27)(H,30,33)/t21-/m1/s1. The van der Waals surface area contributed by atoms with Gasteiger partial charge in [-0.2, -0.15) is 10.4 Å². The van der Waals surface area contributed by atoms with E-state index in [9.17, 15) is 14.7 Å². The first-order valence-corrected chi connectivity index (χ1v) is 11.5. The van der Waals surface area contributed by atoms with E-state index in [4.69, 9.17) is 28.5 Å². The van der Waals surface area contributed by atoms with Gasteiger partial charge in [-0.25, -0.2) is 14.6 Å². The Kier molecular flexibility index (Phi) is 6.02. The lowest BCUT2D eigenvalue weighted by molar-refractivity contribution is -0.142. The Balaban J connectivity index is 1.38. The van der Waals surface area contributed by atoms with Gasteiger partial charge in [-0.05, 0) is 25.0 Å². The highest BCUT2D eigenvalue weighted by molar-refractivity contribution is 6.42. The molecule has 0 aliphatic carbocycles. The number of benzene rings is 1. The van der Waals surface area contributed by atoms with Crippen LogP contribution < -0.4 is 5.32 Å². The van der Waals surface area contributed by atoms with E-state index in [-0.39, 0.29) is 17.0 Å². The average molecular weight is 513 g/mol. The number of hydrogen-bond donors (Lipinski definition) is 3. The van der Waals surface area contributed by atoms with Crippen molar-refractivity contribution >= 4 is 57.1 Å². The minimum Gasteiger partial charge on any atom is -0.365 e. The van der Waals surface area contributed by atoms with Crippen LogP contribution in [-0.4, -0.2) is 65.9 Å². The molecule has 1 fully saturated rings. The summed E-state index contributed by atoms with van der Waals surface area (Å²) in [5.74, 6) is -1.10. The molecule has 35 heavy (non-hydrogen) atoms. The molecular formula is C22H18Cl2N8O3. The summed E-state index contributed by atoms with van der Waals surface area (Å²) in [5, 5.41) is 27.5. The molecule has 3 aromatic heterocycles. The maximum atomic E-state index is 12.9. The predicted molar refractivity (Wildman–Crippen MR) is 127 cm³/mol. The van der Waals surface area contributed by atoms with Gasteiger partial charge in [0.05, 0.1) is 39.6 Å². The summed E-state index contributed by atoms with van der Waals surface area (Å²) in [6.45, 7) is 0.692. The molecule has 0 unspecified atom stereocenters. The van der Waals surface area contributed by atoms with E-state index >= 15 is 0 Å². The number of aliphatic hydroxyl groups excluding tert-OH is 1. The predicted octanol–water partition coefficient (Wildman–Crippen LogP) is 2.41. The number of aromatic nitrogens is 5. The first kappa shape index (κ1) is 23.0. The van der Waals surface area contributed by atoms with Crippen LogP contribution >= 0.6 is 23.2 Å². The number of likely N-dealkylation sites (tertiary alicyclic amines) is 1. The van der Waals surface area contributed by atoms with Gasteiger partial charge in [-0.15, -0.1) is 0 Å². The number of aliphatic hydroxyl groups is 1. The molecule has 4 heterocycles. The smallest absolute Gasteiger partial charge is 0.272 e. The summed E-state index contributed by atoms with van der Waals surface area (Å²) in [4.78, 5) is 38.6. The number of halogens is 2. The van der Waals surface area contributed by atoms with Crippen molar-refractivity contribution in [1.82, 2.24) is 34.9 Å². The molecule has 13 heteroatoms. The first-order chi connectivity index (χ1) is 16.9. The minimum atomic E-state index is -1.73. The molecule has 1 saturated heterocycles. The second-order valence-electron chi connectivity index (χ2n) is 8.11. The minimum absolute atomic E-state index is 0.0990. The quantitative estimate of drug-likeness (QED) is 0.354. The number of carbonyl (C=O) groups is 2. The fourth-order valence-electron chi connectivity index (χ4n) is 4.03. The fourth-order valence-corrected chi connectivity index (χ4v) is 4.36. The van der Waals surface area contributed by atoms with Crippen molar-refractivity contribution in [3.05, 3.63) is 46.3 Å². The number of nitrogens with one attached hydrogen (secondary N) is 2. The molecule has 178 valence electrons. The number of piperidine rings is 1. The third-order valence-corrected chi connectivity index (χ3v) is 6.65. The highest BCUT2D eigenvalue weighted by atomic mass is 35.5. The number of carbonyl (C=O) groups excluding carboxylic acids is 2. The van der Waals surface area contributed by atoms with Gasteiger partial charge >= 0.3 is 0 Å². The number of nitrogens with zero attached hydrogens (tertiary/aromatic N) is 6. The van der Waals surface area contributed by atoms with E-state index < -0.39 is 18.0 Å². The third kappa shape index (κ3) is 4.27. The molecule has 0 saturated carbocycles. The Morgan fingerprint density at radius 3 is 2.71 bits per heavy atom. The van der Waals surface area contributed by atoms with Gasteiger partial charge in [0.25, 0.3) is 11.8 Å². The molecular weight excluding hydrogens is 495 g/mol. The lowest BCUT2D eigenvalue weighted by Crippen LogP contribution is -2.50. The maximum Gasteiger partial charge on any atom is 0.272 e. The third-order valence-electron chi connectivity index (χ3n) is 5.93. The SMILES string of the molecule is N#CC1CCN(C(=O)[C@@H](O)NC(=O)c2c[nH]c3ncc(-n4ncc5cc(Cl)c(Cl)cc54)nc23)CC1. The zero-order chi connectivity index (χ0) is 24.7. The molecule has 2 amide bonds. The van der Waals surface area contributed by atoms with Crippen LogP contribution in [0.5, 0.6) is 0 Å². The molecule has 1 aliphatic heterocycles. The average Bonchev–Trinajstić information content (AvgIpc) is 3.47. The molecule has 11 nitrogen and oxygen atoms in total. The fraction of sp³-hybridized carbons (Fsp3) is 0.273. The molecule has 0 radical (unpaired) electrons. The van der Waals surface area contributed by atoms with E-state index in [1.165, 1.54) is 22.0 Å². The Morgan fingerprint density at radius 1 is 1.23 bits per heavy atom. The Bertz CT molecular complexity index is 1500. The molecule has 1 aromatic carbocycles. The van der Waals surface area contributed by atoms with Crippen molar-refractivity contribution in [2.45, 2.75) is 19.1 Å². The monoisotopic (exact) mass is 512 g/mol. The second-order valence-corrected chi connectivity index (χ2v) is 8.93. The Hall–Kier alpha value is -3.72. The molecule has 1 atom stereocenters. The molecule has 5 rings (SSSR count). The van der Waals surface area contributed by atoms with Gasteiger partial charge < -0.3 is 20.3 Å². The molecule has 1 aliphatic rings.